The molecule has 1 atom stereocenters. The maximum Gasteiger partial charge on any atom is 0.244 e. The number of hydrogen-bond acceptors (Lipinski definition) is 4. The molecule has 0 spiro atoms. The molecule has 2 fully saturated rings. The highest BCUT2D eigenvalue weighted by molar-refractivity contribution is 7.89. The van der Waals surface area contributed by atoms with Crippen molar-refractivity contribution in [3.63, 3.8) is 0 Å². The van der Waals surface area contributed by atoms with Gasteiger partial charge in [0.05, 0.1) is 10.9 Å². The van der Waals surface area contributed by atoms with Crippen molar-refractivity contribution < 1.29 is 18.0 Å². The Kier molecular flexibility index (Phi) is 6.86. The summed E-state index contributed by atoms with van der Waals surface area (Å²) in [6, 6.07) is 6.39. The Labute approximate surface area is 177 Å². The summed E-state index contributed by atoms with van der Waals surface area (Å²) < 4.78 is 27.1. The molecule has 2 amide bonds. The Hall–Kier alpha value is -1.64. The third-order valence-corrected chi connectivity index (χ3v) is 7.98. The minimum atomic E-state index is -3.69. The summed E-state index contributed by atoms with van der Waals surface area (Å²) in [5.74, 6) is -0.195. The molecule has 29 heavy (non-hydrogen) atoms. The molecule has 7 nitrogen and oxygen atoms in total. The van der Waals surface area contributed by atoms with Gasteiger partial charge < -0.3 is 9.80 Å². The van der Waals surface area contributed by atoms with Gasteiger partial charge in [-0.25, -0.2) is 8.42 Å². The standard InChI is InChI=1S/C20H28ClN3O4S/c1-15(2)19(25)23-9-5-6-16(14-23)20(26)22-10-12-24(13-11-22)29(27,28)18-8-4-3-7-17(18)21/h3-4,7-8,15-16H,5-6,9-14H2,1-2H3. The molecule has 2 saturated heterocycles. The lowest BCUT2D eigenvalue weighted by Gasteiger charge is -2.39. The second-order valence-electron chi connectivity index (χ2n) is 7.94. The number of hydrogen-bond donors (Lipinski definition) is 0. The molecule has 2 aliphatic rings. The van der Waals surface area contributed by atoms with Crippen LogP contribution in [0.4, 0.5) is 0 Å². The first-order chi connectivity index (χ1) is 13.7. The number of likely N-dealkylation sites (tertiary alicyclic amines) is 1. The number of amides is 2. The first-order valence-electron chi connectivity index (χ1n) is 10.0. The largest absolute Gasteiger partial charge is 0.342 e. The van der Waals surface area contributed by atoms with Gasteiger partial charge >= 0.3 is 0 Å². The third kappa shape index (κ3) is 4.75. The summed E-state index contributed by atoms with van der Waals surface area (Å²) in [5, 5.41) is 0.197. The van der Waals surface area contributed by atoms with Crippen LogP contribution < -0.4 is 0 Å². The van der Waals surface area contributed by atoms with Gasteiger partial charge in [0.1, 0.15) is 4.90 Å². The normalized spacial score (nSPS) is 21.4. The summed E-state index contributed by atoms with van der Waals surface area (Å²) in [7, 11) is -3.69. The number of piperazine rings is 1. The number of halogens is 1. The molecule has 2 heterocycles. The monoisotopic (exact) mass is 441 g/mol. The van der Waals surface area contributed by atoms with Gasteiger partial charge in [-0.1, -0.05) is 37.6 Å². The van der Waals surface area contributed by atoms with E-state index < -0.39 is 10.0 Å². The van der Waals surface area contributed by atoms with Crippen LogP contribution >= 0.6 is 11.6 Å². The van der Waals surface area contributed by atoms with E-state index in [9.17, 15) is 18.0 Å². The number of carbonyl (C=O) groups is 2. The summed E-state index contributed by atoms with van der Waals surface area (Å²) in [4.78, 5) is 28.9. The Morgan fingerprint density at radius 1 is 1.03 bits per heavy atom. The highest BCUT2D eigenvalue weighted by Crippen LogP contribution is 2.26. The van der Waals surface area contributed by atoms with E-state index in [0.29, 0.717) is 26.2 Å². The Balaban J connectivity index is 1.61. The van der Waals surface area contributed by atoms with Gasteiger partial charge in [-0.2, -0.15) is 4.31 Å². The second kappa shape index (κ2) is 9.02. The zero-order valence-corrected chi connectivity index (χ0v) is 18.5. The molecule has 3 rings (SSSR count). The average molecular weight is 442 g/mol. The van der Waals surface area contributed by atoms with Crippen LogP contribution in [0.25, 0.3) is 0 Å². The molecular formula is C20H28ClN3O4S. The predicted molar refractivity (Wildman–Crippen MR) is 111 cm³/mol. The molecule has 0 N–H and O–H groups in total. The quantitative estimate of drug-likeness (QED) is 0.716. The SMILES string of the molecule is CC(C)C(=O)N1CCCC(C(=O)N2CCN(S(=O)(=O)c3ccccc3Cl)CC2)C1. The molecule has 9 heteroatoms. The summed E-state index contributed by atoms with van der Waals surface area (Å²) in [6.07, 6.45) is 1.58. The molecule has 0 bridgehead atoms. The van der Waals surface area contributed by atoms with Gasteiger partial charge in [-0.3, -0.25) is 9.59 Å². The van der Waals surface area contributed by atoms with Crippen LogP contribution in [0.1, 0.15) is 26.7 Å². The lowest BCUT2D eigenvalue weighted by molar-refractivity contribution is -0.143. The number of piperidine rings is 1. The maximum absolute atomic E-state index is 13.0. The third-order valence-electron chi connectivity index (χ3n) is 5.58. The van der Waals surface area contributed by atoms with E-state index >= 15 is 0 Å². The first-order valence-corrected chi connectivity index (χ1v) is 11.9. The van der Waals surface area contributed by atoms with Gasteiger partial charge in [-0.15, -0.1) is 0 Å². The predicted octanol–water partition coefficient (Wildman–Crippen LogP) is 2.07. The number of carbonyl (C=O) groups excluding carboxylic acids is 2. The molecule has 160 valence electrons. The molecule has 1 aromatic carbocycles. The fourth-order valence-corrected chi connectivity index (χ4v) is 5.86. The number of rotatable bonds is 4. The Bertz CT molecular complexity index is 866. The van der Waals surface area contributed by atoms with Gasteiger partial charge in [0.2, 0.25) is 21.8 Å². The van der Waals surface area contributed by atoms with Gasteiger partial charge in [0.25, 0.3) is 0 Å². The topological polar surface area (TPSA) is 78.0 Å². The molecule has 0 saturated carbocycles. The molecule has 0 aromatic heterocycles. The van der Waals surface area contributed by atoms with E-state index in [2.05, 4.69) is 0 Å². The van der Waals surface area contributed by atoms with Crippen LogP contribution in [0.5, 0.6) is 0 Å². The van der Waals surface area contributed by atoms with E-state index in [0.717, 1.165) is 12.8 Å². The molecule has 0 aliphatic carbocycles. The minimum absolute atomic E-state index is 0.0149. The van der Waals surface area contributed by atoms with Crippen molar-refractivity contribution in [2.45, 2.75) is 31.6 Å². The smallest absolute Gasteiger partial charge is 0.244 e. The zero-order valence-electron chi connectivity index (χ0n) is 16.9. The lowest BCUT2D eigenvalue weighted by atomic mass is 9.95. The molecule has 0 radical (unpaired) electrons. The van der Waals surface area contributed by atoms with Gasteiger partial charge in [0, 0.05) is 45.2 Å². The van der Waals surface area contributed by atoms with Crippen LogP contribution in [0.2, 0.25) is 5.02 Å². The van der Waals surface area contributed by atoms with E-state index in [1.165, 1.54) is 10.4 Å². The number of benzene rings is 1. The van der Waals surface area contributed by atoms with Crippen molar-refractivity contribution in [3.8, 4) is 0 Å². The first kappa shape index (κ1) is 22.1. The van der Waals surface area contributed by atoms with Crippen molar-refractivity contribution in [3.05, 3.63) is 29.3 Å². The fraction of sp³-hybridized carbons (Fsp3) is 0.600. The van der Waals surface area contributed by atoms with E-state index in [1.54, 1.807) is 28.0 Å². The van der Waals surface area contributed by atoms with Crippen LogP contribution in [-0.4, -0.2) is 73.6 Å². The summed E-state index contributed by atoms with van der Waals surface area (Å²) >= 11 is 6.07. The van der Waals surface area contributed by atoms with E-state index in [1.807, 2.05) is 13.8 Å². The van der Waals surface area contributed by atoms with Gasteiger partial charge in [-0.05, 0) is 25.0 Å². The average Bonchev–Trinajstić information content (AvgIpc) is 2.73. The Morgan fingerprint density at radius 2 is 1.69 bits per heavy atom. The summed E-state index contributed by atoms with van der Waals surface area (Å²) in [5.41, 5.74) is 0. The molecular weight excluding hydrogens is 414 g/mol. The van der Waals surface area contributed by atoms with Crippen LogP contribution in [0.3, 0.4) is 0 Å². The molecule has 1 aromatic rings. The fourth-order valence-electron chi connectivity index (χ4n) is 3.94. The summed E-state index contributed by atoms with van der Waals surface area (Å²) in [6.45, 7) is 6.05. The highest BCUT2D eigenvalue weighted by atomic mass is 35.5. The number of sulfonamides is 1. The van der Waals surface area contributed by atoms with Crippen molar-refractivity contribution >= 4 is 33.4 Å². The van der Waals surface area contributed by atoms with E-state index in [-0.39, 0.29) is 46.7 Å². The van der Waals surface area contributed by atoms with Crippen LogP contribution in [-0.2, 0) is 19.6 Å². The van der Waals surface area contributed by atoms with Crippen molar-refractivity contribution in [2.24, 2.45) is 11.8 Å². The lowest BCUT2D eigenvalue weighted by Crippen LogP contribution is -2.54. The minimum Gasteiger partial charge on any atom is -0.342 e. The zero-order chi connectivity index (χ0) is 21.2. The van der Waals surface area contributed by atoms with Crippen LogP contribution in [0, 0.1) is 11.8 Å². The van der Waals surface area contributed by atoms with Crippen LogP contribution in [0.15, 0.2) is 29.2 Å². The van der Waals surface area contributed by atoms with Gasteiger partial charge in [0.15, 0.2) is 0 Å². The highest BCUT2D eigenvalue weighted by Gasteiger charge is 2.35. The maximum atomic E-state index is 13.0. The second-order valence-corrected chi connectivity index (χ2v) is 10.3. The molecule has 2 aliphatic heterocycles. The van der Waals surface area contributed by atoms with Crippen molar-refractivity contribution in [1.82, 2.24) is 14.1 Å². The van der Waals surface area contributed by atoms with Crippen molar-refractivity contribution in [2.75, 3.05) is 39.3 Å². The number of nitrogens with zero attached hydrogens (tertiary/aromatic N) is 3. The van der Waals surface area contributed by atoms with Crippen molar-refractivity contribution in [1.29, 1.82) is 0 Å². The van der Waals surface area contributed by atoms with E-state index in [4.69, 9.17) is 11.6 Å². The Morgan fingerprint density at radius 3 is 2.31 bits per heavy atom. The molecule has 1 unspecified atom stereocenters.